The van der Waals surface area contributed by atoms with Crippen molar-refractivity contribution in [3.05, 3.63) is 35.7 Å². The van der Waals surface area contributed by atoms with Crippen molar-refractivity contribution in [2.24, 2.45) is 0 Å². The molecule has 1 aliphatic rings. The van der Waals surface area contributed by atoms with Crippen molar-refractivity contribution in [2.45, 2.75) is 50.5 Å². The van der Waals surface area contributed by atoms with E-state index in [1.54, 1.807) is 0 Å². The lowest BCUT2D eigenvalue weighted by molar-refractivity contribution is 0.0893. The normalized spacial score (nSPS) is 17.0. The Balaban J connectivity index is 1.68. The molecule has 158 valence electrons. The molecule has 2 aromatic rings. The van der Waals surface area contributed by atoms with Gasteiger partial charge in [-0.3, -0.25) is 10.1 Å². The predicted octanol–water partition coefficient (Wildman–Crippen LogP) is 2.98. The molecule has 0 radical (unpaired) electrons. The summed E-state index contributed by atoms with van der Waals surface area (Å²) in [4.78, 5) is 12.6. The van der Waals surface area contributed by atoms with E-state index in [0.29, 0.717) is 31.2 Å². The molecule has 2 heterocycles. The maximum Gasteiger partial charge on any atom is 0.322 e. The number of hydrogen-bond acceptors (Lipinski definition) is 7. The average Bonchev–Trinajstić information content (AvgIpc) is 3.39. The van der Waals surface area contributed by atoms with Gasteiger partial charge >= 0.3 is 6.01 Å². The highest BCUT2D eigenvalue weighted by Gasteiger charge is 2.25. The van der Waals surface area contributed by atoms with Gasteiger partial charge in [-0.25, -0.2) is 8.42 Å². The van der Waals surface area contributed by atoms with Crippen LogP contribution in [0, 0.1) is 0 Å². The van der Waals surface area contributed by atoms with E-state index in [2.05, 4.69) is 15.5 Å². The topological polar surface area (TPSA) is 115 Å². The first-order chi connectivity index (χ1) is 14.0. The lowest BCUT2D eigenvalue weighted by atomic mass is 10.2. The zero-order valence-corrected chi connectivity index (χ0v) is 17.4. The number of sulfonamides is 1. The van der Waals surface area contributed by atoms with Crippen LogP contribution < -0.4 is 5.32 Å². The molecule has 1 unspecified atom stereocenters. The molecule has 1 N–H and O–H groups in total. The van der Waals surface area contributed by atoms with E-state index in [0.717, 1.165) is 25.7 Å². The summed E-state index contributed by atoms with van der Waals surface area (Å²) in [5.41, 5.74) is 0.290. The summed E-state index contributed by atoms with van der Waals surface area (Å²) in [5.74, 6) is -0.123. The minimum absolute atomic E-state index is 0.0192. The standard InChI is InChI=1S/C19H26N4O5S/c1-3-11-23(12-4-2)29(25,26)15-9-7-14(8-10-15)17(24)20-19-22-21-18(28-19)16-6-5-13-27-16/h7-10,16H,3-6,11-13H2,1-2H3,(H,20,22,24). The van der Waals surface area contributed by atoms with Crippen molar-refractivity contribution >= 4 is 21.9 Å². The van der Waals surface area contributed by atoms with Crippen LogP contribution in [0.3, 0.4) is 0 Å². The van der Waals surface area contributed by atoms with Crippen molar-refractivity contribution in [1.29, 1.82) is 0 Å². The number of carbonyl (C=O) groups excluding carboxylic acids is 1. The van der Waals surface area contributed by atoms with E-state index in [-0.39, 0.29) is 17.0 Å². The van der Waals surface area contributed by atoms with Gasteiger partial charge in [-0.1, -0.05) is 18.9 Å². The van der Waals surface area contributed by atoms with Gasteiger partial charge in [-0.15, -0.1) is 5.10 Å². The van der Waals surface area contributed by atoms with Gasteiger partial charge in [0.1, 0.15) is 6.10 Å². The fraction of sp³-hybridized carbons (Fsp3) is 0.526. The molecule has 1 amide bonds. The summed E-state index contributed by atoms with van der Waals surface area (Å²) in [6.45, 7) is 5.45. The maximum absolute atomic E-state index is 12.8. The first kappa shape index (κ1) is 21.4. The van der Waals surface area contributed by atoms with E-state index in [9.17, 15) is 13.2 Å². The molecule has 10 heteroatoms. The molecule has 1 aliphatic heterocycles. The molecule has 1 aromatic carbocycles. The third-order valence-corrected chi connectivity index (χ3v) is 6.48. The number of carbonyl (C=O) groups is 1. The van der Waals surface area contributed by atoms with Crippen LogP contribution in [-0.4, -0.2) is 48.5 Å². The summed E-state index contributed by atoms with van der Waals surface area (Å²) in [7, 11) is -3.59. The van der Waals surface area contributed by atoms with Gasteiger partial charge < -0.3 is 9.15 Å². The molecule has 29 heavy (non-hydrogen) atoms. The zero-order valence-electron chi connectivity index (χ0n) is 16.6. The Labute approximate surface area is 170 Å². The summed E-state index contributed by atoms with van der Waals surface area (Å²) in [6.07, 6.45) is 2.97. The number of nitrogens with zero attached hydrogens (tertiary/aromatic N) is 3. The summed E-state index contributed by atoms with van der Waals surface area (Å²) in [5, 5.41) is 10.2. The fourth-order valence-electron chi connectivity index (χ4n) is 3.14. The van der Waals surface area contributed by atoms with Gasteiger partial charge in [0.15, 0.2) is 0 Å². The number of benzene rings is 1. The molecular weight excluding hydrogens is 396 g/mol. The molecule has 9 nitrogen and oxygen atoms in total. The van der Waals surface area contributed by atoms with E-state index >= 15 is 0 Å². The van der Waals surface area contributed by atoms with Crippen molar-refractivity contribution in [2.75, 3.05) is 25.0 Å². The monoisotopic (exact) mass is 422 g/mol. The van der Waals surface area contributed by atoms with Gasteiger partial charge in [-0.2, -0.15) is 4.31 Å². The van der Waals surface area contributed by atoms with Crippen LogP contribution >= 0.6 is 0 Å². The first-order valence-corrected chi connectivity index (χ1v) is 11.3. The SMILES string of the molecule is CCCN(CCC)S(=O)(=O)c1ccc(C(=O)Nc2nnc(C3CCCO3)o2)cc1. The molecule has 1 atom stereocenters. The molecule has 0 spiro atoms. The number of ether oxygens (including phenoxy) is 1. The summed E-state index contributed by atoms with van der Waals surface area (Å²) in [6, 6.07) is 5.79. The molecule has 0 bridgehead atoms. The van der Waals surface area contributed by atoms with E-state index in [1.165, 1.54) is 28.6 Å². The number of hydrogen-bond donors (Lipinski definition) is 1. The highest BCUT2D eigenvalue weighted by atomic mass is 32.2. The molecule has 3 rings (SSSR count). The van der Waals surface area contributed by atoms with Crippen LogP contribution in [0.25, 0.3) is 0 Å². The molecule has 0 saturated carbocycles. The third kappa shape index (κ3) is 5.01. The minimum atomic E-state index is -3.59. The second kappa shape index (κ2) is 9.47. The molecule has 1 fully saturated rings. The van der Waals surface area contributed by atoms with Crippen LogP contribution in [0.2, 0.25) is 0 Å². The molecule has 0 aliphatic carbocycles. The number of nitrogens with one attached hydrogen (secondary N) is 1. The summed E-state index contributed by atoms with van der Waals surface area (Å²) < 4.78 is 38.0. The number of rotatable bonds is 9. The average molecular weight is 423 g/mol. The van der Waals surface area contributed by atoms with Crippen LogP contribution in [0.15, 0.2) is 33.6 Å². The largest absolute Gasteiger partial charge is 0.405 e. The maximum atomic E-state index is 12.8. The third-order valence-electron chi connectivity index (χ3n) is 4.57. The van der Waals surface area contributed by atoms with Crippen molar-refractivity contribution in [3.63, 3.8) is 0 Å². The second-order valence-corrected chi connectivity index (χ2v) is 8.77. The van der Waals surface area contributed by atoms with Gasteiger partial charge in [-0.05, 0) is 49.9 Å². The van der Waals surface area contributed by atoms with E-state index in [1.807, 2.05) is 13.8 Å². The Morgan fingerprint density at radius 2 is 1.86 bits per heavy atom. The Morgan fingerprint density at radius 1 is 1.17 bits per heavy atom. The quantitative estimate of drug-likeness (QED) is 0.660. The molecular formula is C19H26N4O5S. The van der Waals surface area contributed by atoms with Crippen LogP contribution in [-0.2, 0) is 14.8 Å². The minimum Gasteiger partial charge on any atom is -0.405 e. The smallest absolute Gasteiger partial charge is 0.322 e. The predicted molar refractivity (Wildman–Crippen MR) is 106 cm³/mol. The zero-order chi connectivity index (χ0) is 20.9. The van der Waals surface area contributed by atoms with Gasteiger partial charge in [0, 0.05) is 25.3 Å². The first-order valence-electron chi connectivity index (χ1n) is 9.82. The number of amides is 1. The molecule has 1 aromatic heterocycles. The van der Waals surface area contributed by atoms with Crippen molar-refractivity contribution in [3.8, 4) is 0 Å². The van der Waals surface area contributed by atoms with Crippen LogP contribution in [0.5, 0.6) is 0 Å². The Morgan fingerprint density at radius 3 is 2.45 bits per heavy atom. The Kier molecular flexibility index (Phi) is 6.99. The highest BCUT2D eigenvalue weighted by molar-refractivity contribution is 7.89. The van der Waals surface area contributed by atoms with E-state index < -0.39 is 15.9 Å². The second-order valence-electron chi connectivity index (χ2n) is 6.83. The van der Waals surface area contributed by atoms with Gasteiger partial charge in [0.25, 0.3) is 5.91 Å². The van der Waals surface area contributed by atoms with Crippen LogP contribution in [0.1, 0.15) is 61.9 Å². The lowest BCUT2D eigenvalue weighted by Crippen LogP contribution is -2.32. The van der Waals surface area contributed by atoms with E-state index in [4.69, 9.17) is 9.15 Å². The Hall–Kier alpha value is -2.30. The van der Waals surface area contributed by atoms with Crippen molar-refractivity contribution < 1.29 is 22.4 Å². The summed E-state index contributed by atoms with van der Waals surface area (Å²) >= 11 is 0. The lowest BCUT2D eigenvalue weighted by Gasteiger charge is -2.21. The van der Waals surface area contributed by atoms with Crippen LogP contribution in [0.4, 0.5) is 6.01 Å². The van der Waals surface area contributed by atoms with Gasteiger partial charge in [0.2, 0.25) is 15.9 Å². The molecule has 1 saturated heterocycles. The highest BCUT2D eigenvalue weighted by Crippen LogP contribution is 2.28. The fourth-order valence-corrected chi connectivity index (χ4v) is 4.76. The number of aromatic nitrogens is 2. The van der Waals surface area contributed by atoms with Crippen molar-refractivity contribution in [1.82, 2.24) is 14.5 Å². The Bertz CT molecular complexity index is 914. The van der Waals surface area contributed by atoms with Gasteiger partial charge in [0.05, 0.1) is 4.90 Å². The number of anilines is 1.